The highest BCUT2D eigenvalue weighted by molar-refractivity contribution is 7.99. The van der Waals surface area contributed by atoms with Crippen LogP contribution >= 0.6 is 11.8 Å². The summed E-state index contributed by atoms with van der Waals surface area (Å²) in [6.45, 7) is 5.60. The van der Waals surface area contributed by atoms with Crippen molar-refractivity contribution in [1.29, 1.82) is 0 Å². The maximum atomic E-state index is 12.8. The number of hydrogen-bond acceptors (Lipinski definition) is 4. The van der Waals surface area contributed by atoms with Gasteiger partial charge in [-0.05, 0) is 82.9 Å². The van der Waals surface area contributed by atoms with Gasteiger partial charge >= 0.3 is 6.09 Å². The van der Waals surface area contributed by atoms with Crippen LogP contribution in [-0.4, -0.2) is 40.8 Å². The van der Waals surface area contributed by atoms with Crippen LogP contribution < -0.4 is 5.32 Å². The number of piperidine rings is 2. The summed E-state index contributed by atoms with van der Waals surface area (Å²) in [5, 5.41) is 3.14. The van der Waals surface area contributed by atoms with Crippen molar-refractivity contribution in [3.63, 3.8) is 0 Å². The van der Waals surface area contributed by atoms with Crippen LogP contribution in [0.3, 0.4) is 0 Å². The first-order valence-electron chi connectivity index (χ1n) is 11.2. The Morgan fingerprint density at radius 1 is 1.20 bits per heavy atom. The van der Waals surface area contributed by atoms with E-state index in [1.54, 1.807) is 0 Å². The number of thioether (sulfide) groups is 1. The second-order valence-electron chi connectivity index (χ2n) is 10.2. The van der Waals surface area contributed by atoms with Gasteiger partial charge in [0.05, 0.1) is 11.6 Å². The second kappa shape index (κ2) is 8.10. The van der Waals surface area contributed by atoms with Gasteiger partial charge in [-0.3, -0.25) is 4.79 Å². The summed E-state index contributed by atoms with van der Waals surface area (Å²) in [5.74, 6) is 2.41. The first-order chi connectivity index (χ1) is 14.2. The molecule has 0 radical (unpaired) electrons. The third-order valence-corrected chi connectivity index (χ3v) is 8.04. The average Bonchev–Trinajstić information content (AvgIpc) is 3.52. The van der Waals surface area contributed by atoms with Crippen molar-refractivity contribution in [3.05, 3.63) is 29.8 Å². The monoisotopic (exact) mass is 430 g/mol. The Kier molecular flexibility index (Phi) is 5.82. The van der Waals surface area contributed by atoms with Crippen molar-refractivity contribution < 1.29 is 14.3 Å². The van der Waals surface area contributed by atoms with Crippen molar-refractivity contribution in [2.45, 2.75) is 81.4 Å². The highest BCUT2D eigenvalue weighted by Gasteiger charge is 2.54. The van der Waals surface area contributed by atoms with Crippen LogP contribution in [0.15, 0.2) is 29.2 Å². The number of rotatable bonds is 6. The molecule has 30 heavy (non-hydrogen) atoms. The standard InChI is InChI=1S/C24H34N2O3S/c1-23(2,3)29-22(28)25-20(24-13-11-18(12-14-24)21(27)26(24)4)17-7-9-19(10-8-17)30-15-16-5-6-16/h7-10,16,18,20H,5-6,11-15H2,1-4H3,(H,25,28)/t18?,20-,24?/m1/s1. The Bertz CT molecular complexity index is 790. The van der Waals surface area contributed by atoms with E-state index in [2.05, 4.69) is 29.6 Å². The Balaban J connectivity index is 1.59. The molecule has 164 valence electrons. The molecule has 2 amide bonds. The SMILES string of the molecule is CN1C(=O)C2CCC1([C@H](NC(=O)OC(C)(C)C)c1ccc(SCC3CC3)cc1)CC2. The number of ether oxygens (including phenoxy) is 1. The molecule has 6 heteroatoms. The lowest BCUT2D eigenvalue weighted by Crippen LogP contribution is -2.65. The molecule has 1 N–H and O–H groups in total. The van der Waals surface area contributed by atoms with Crippen LogP contribution in [0, 0.1) is 11.8 Å². The van der Waals surface area contributed by atoms with Gasteiger partial charge < -0.3 is 15.0 Å². The lowest BCUT2D eigenvalue weighted by Gasteiger charge is -2.56. The van der Waals surface area contributed by atoms with E-state index in [0.29, 0.717) is 0 Å². The summed E-state index contributed by atoms with van der Waals surface area (Å²) in [6.07, 6.45) is 5.88. The number of alkyl carbamates (subject to hydrolysis) is 1. The number of carbonyl (C=O) groups excluding carboxylic acids is 2. The van der Waals surface area contributed by atoms with E-state index in [0.717, 1.165) is 37.2 Å². The first-order valence-corrected chi connectivity index (χ1v) is 12.2. The van der Waals surface area contributed by atoms with E-state index >= 15 is 0 Å². The Morgan fingerprint density at radius 3 is 2.40 bits per heavy atom. The predicted molar refractivity (Wildman–Crippen MR) is 119 cm³/mol. The molecule has 5 rings (SSSR count). The van der Waals surface area contributed by atoms with Crippen LogP contribution in [-0.2, 0) is 9.53 Å². The van der Waals surface area contributed by atoms with E-state index in [9.17, 15) is 9.59 Å². The van der Waals surface area contributed by atoms with Gasteiger partial charge in [0.15, 0.2) is 0 Å². The number of nitrogens with zero attached hydrogens (tertiary/aromatic N) is 1. The molecule has 0 spiro atoms. The number of likely N-dealkylation sites (N-methyl/N-ethyl adjacent to an activating group) is 1. The molecular weight excluding hydrogens is 396 g/mol. The molecule has 1 atom stereocenters. The Hall–Kier alpha value is -1.69. The van der Waals surface area contributed by atoms with Crippen molar-refractivity contribution in [1.82, 2.24) is 10.2 Å². The molecule has 4 aliphatic rings. The van der Waals surface area contributed by atoms with Crippen molar-refractivity contribution in [2.24, 2.45) is 11.8 Å². The van der Waals surface area contributed by atoms with Gasteiger partial charge in [-0.2, -0.15) is 0 Å². The van der Waals surface area contributed by atoms with Gasteiger partial charge in [-0.15, -0.1) is 11.8 Å². The molecule has 2 aliphatic heterocycles. The fourth-order valence-corrected chi connectivity index (χ4v) is 5.97. The number of hydrogen-bond donors (Lipinski definition) is 1. The Labute approximate surface area is 184 Å². The summed E-state index contributed by atoms with van der Waals surface area (Å²) in [5.41, 5.74) is 0.0732. The maximum absolute atomic E-state index is 12.8. The average molecular weight is 431 g/mol. The zero-order valence-electron chi connectivity index (χ0n) is 18.6. The third kappa shape index (κ3) is 4.48. The van der Waals surface area contributed by atoms with Gasteiger partial charge in [-0.1, -0.05) is 12.1 Å². The minimum Gasteiger partial charge on any atom is -0.444 e. The number of carbonyl (C=O) groups is 2. The summed E-state index contributed by atoms with van der Waals surface area (Å²) in [4.78, 5) is 28.7. The van der Waals surface area contributed by atoms with Crippen molar-refractivity contribution in [2.75, 3.05) is 12.8 Å². The first kappa shape index (κ1) is 21.5. The minimum absolute atomic E-state index is 0.139. The third-order valence-electron chi connectivity index (χ3n) is 6.79. The second-order valence-corrected chi connectivity index (χ2v) is 11.3. The molecule has 1 aromatic rings. The Morgan fingerprint density at radius 2 is 1.83 bits per heavy atom. The fourth-order valence-electron chi connectivity index (χ4n) is 4.88. The molecule has 5 nitrogen and oxygen atoms in total. The van der Waals surface area contributed by atoms with Crippen molar-refractivity contribution in [3.8, 4) is 0 Å². The minimum atomic E-state index is -0.568. The van der Waals surface area contributed by atoms with Gasteiger partial charge in [0.2, 0.25) is 5.91 Å². The van der Waals surface area contributed by atoms with Crippen LogP contribution in [0.25, 0.3) is 0 Å². The molecule has 2 aliphatic carbocycles. The number of nitrogens with one attached hydrogen (secondary N) is 1. The number of fused-ring (bicyclic) bond motifs is 3. The maximum Gasteiger partial charge on any atom is 0.408 e. The van der Waals surface area contributed by atoms with E-state index in [1.807, 2.05) is 44.5 Å². The highest BCUT2D eigenvalue weighted by atomic mass is 32.2. The van der Waals surface area contributed by atoms with E-state index in [4.69, 9.17) is 4.74 Å². The summed E-state index contributed by atoms with van der Waals surface area (Å²) >= 11 is 1.91. The summed E-state index contributed by atoms with van der Waals surface area (Å²) in [7, 11) is 1.90. The molecule has 2 bridgehead atoms. The van der Waals surface area contributed by atoms with Crippen molar-refractivity contribution >= 4 is 23.8 Å². The van der Waals surface area contributed by atoms with Gasteiger partial charge in [-0.25, -0.2) is 4.79 Å². The number of amides is 2. The van der Waals surface area contributed by atoms with Gasteiger partial charge in [0.1, 0.15) is 5.60 Å². The van der Waals surface area contributed by atoms with Gasteiger partial charge in [0.25, 0.3) is 0 Å². The summed E-state index contributed by atoms with van der Waals surface area (Å²) in [6, 6.07) is 8.25. The largest absolute Gasteiger partial charge is 0.444 e. The molecule has 4 fully saturated rings. The van der Waals surface area contributed by atoms with E-state index in [1.165, 1.54) is 23.5 Å². The molecule has 0 unspecified atom stereocenters. The topological polar surface area (TPSA) is 58.6 Å². The van der Waals surface area contributed by atoms with Crippen LogP contribution in [0.1, 0.15) is 70.9 Å². The molecule has 2 heterocycles. The molecular formula is C24H34N2O3S. The molecule has 1 aromatic carbocycles. The predicted octanol–water partition coefficient (Wildman–Crippen LogP) is 5.16. The smallest absolute Gasteiger partial charge is 0.408 e. The zero-order valence-corrected chi connectivity index (χ0v) is 19.4. The van der Waals surface area contributed by atoms with E-state index < -0.39 is 17.2 Å². The lowest BCUT2D eigenvalue weighted by molar-refractivity contribution is -0.156. The molecule has 2 saturated heterocycles. The quantitative estimate of drug-likeness (QED) is 0.634. The fraction of sp³-hybridized carbons (Fsp3) is 0.667. The van der Waals surface area contributed by atoms with E-state index in [-0.39, 0.29) is 17.9 Å². The lowest BCUT2D eigenvalue weighted by atomic mass is 9.65. The summed E-state index contributed by atoms with van der Waals surface area (Å²) < 4.78 is 5.58. The zero-order chi connectivity index (χ0) is 21.5. The molecule has 2 saturated carbocycles. The van der Waals surface area contributed by atoms with Crippen LogP contribution in [0.4, 0.5) is 4.79 Å². The highest BCUT2D eigenvalue weighted by Crippen LogP contribution is 2.49. The van der Waals surface area contributed by atoms with Gasteiger partial charge in [0, 0.05) is 23.6 Å². The van der Waals surface area contributed by atoms with Crippen LogP contribution in [0.2, 0.25) is 0 Å². The number of benzene rings is 1. The molecule has 0 aromatic heterocycles. The normalized spacial score (nSPS) is 27.1. The van der Waals surface area contributed by atoms with Crippen LogP contribution in [0.5, 0.6) is 0 Å².